The van der Waals surface area contributed by atoms with E-state index in [1.54, 1.807) is 0 Å². The van der Waals surface area contributed by atoms with Crippen molar-refractivity contribution in [3.63, 3.8) is 0 Å². The highest BCUT2D eigenvalue weighted by atomic mass is 16.3. The molecule has 0 bridgehead atoms. The Morgan fingerprint density at radius 1 is 1.07 bits per heavy atom. The van der Waals surface area contributed by atoms with E-state index >= 15 is 0 Å². The van der Waals surface area contributed by atoms with Gasteiger partial charge in [0.05, 0.1) is 6.61 Å². The van der Waals surface area contributed by atoms with Gasteiger partial charge in [0.2, 0.25) is 0 Å². The Morgan fingerprint density at radius 2 is 1.80 bits per heavy atom. The molecule has 0 aromatic heterocycles. The van der Waals surface area contributed by atoms with Crippen molar-refractivity contribution < 1.29 is 5.11 Å². The summed E-state index contributed by atoms with van der Waals surface area (Å²) in [6, 6.07) is 12.7. The first-order valence-electron chi connectivity index (χ1n) is 5.20. The largest absolute Gasteiger partial charge is 0.395 e. The summed E-state index contributed by atoms with van der Waals surface area (Å²) in [4.78, 5) is 0. The third-order valence-corrected chi connectivity index (χ3v) is 3.06. The quantitative estimate of drug-likeness (QED) is 0.743. The van der Waals surface area contributed by atoms with Crippen LogP contribution < -0.4 is 0 Å². The van der Waals surface area contributed by atoms with Crippen LogP contribution in [0.4, 0.5) is 0 Å². The summed E-state index contributed by atoms with van der Waals surface area (Å²) in [6.45, 7) is 0.196. The van der Waals surface area contributed by atoms with Crippen LogP contribution in [0, 0.1) is 0 Å². The average molecular weight is 196 g/mol. The van der Waals surface area contributed by atoms with E-state index < -0.39 is 0 Å². The molecule has 0 fully saturated rings. The van der Waals surface area contributed by atoms with Crippen LogP contribution in [-0.2, 0) is 0 Å². The van der Waals surface area contributed by atoms with E-state index in [-0.39, 0.29) is 12.5 Å². The van der Waals surface area contributed by atoms with Crippen molar-refractivity contribution >= 4 is 16.8 Å². The summed E-state index contributed by atoms with van der Waals surface area (Å²) >= 11 is 0. The topological polar surface area (TPSA) is 20.2 Å². The summed E-state index contributed by atoms with van der Waals surface area (Å²) in [5, 5.41) is 11.7. The Kier molecular flexibility index (Phi) is 1.86. The van der Waals surface area contributed by atoms with E-state index in [0.717, 1.165) is 0 Å². The Hall–Kier alpha value is -1.60. The van der Waals surface area contributed by atoms with Gasteiger partial charge in [0.15, 0.2) is 0 Å². The number of hydrogen-bond donors (Lipinski definition) is 1. The standard InChI is InChI=1S/C14H12O/c15-9-13-6-5-12-7-10-3-1-2-4-11(10)8-14(12)13/h1-8,13,15H,9H2. The molecular formula is C14H12O. The number of benzene rings is 2. The minimum absolute atomic E-state index is 0.185. The van der Waals surface area contributed by atoms with E-state index in [1.165, 1.54) is 21.9 Å². The lowest BCUT2D eigenvalue weighted by atomic mass is 9.97. The predicted octanol–water partition coefficient (Wildman–Crippen LogP) is 2.94. The van der Waals surface area contributed by atoms with Crippen LogP contribution >= 0.6 is 0 Å². The highest BCUT2D eigenvalue weighted by Gasteiger charge is 2.16. The molecule has 1 nitrogen and oxygen atoms in total. The predicted molar refractivity (Wildman–Crippen MR) is 62.8 cm³/mol. The van der Waals surface area contributed by atoms with Crippen molar-refractivity contribution in [1.82, 2.24) is 0 Å². The van der Waals surface area contributed by atoms with E-state index in [0.29, 0.717) is 0 Å². The maximum Gasteiger partial charge on any atom is 0.0534 e. The van der Waals surface area contributed by atoms with E-state index in [2.05, 4.69) is 42.5 Å². The van der Waals surface area contributed by atoms with Crippen LogP contribution in [0.15, 0.2) is 42.5 Å². The second-order valence-corrected chi connectivity index (χ2v) is 3.98. The van der Waals surface area contributed by atoms with Gasteiger partial charge in [0.25, 0.3) is 0 Å². The first kappa shape index (κ1) is 8.69. The van der Waals surface area contributed by atoms with Crippen LogP contribution in [0.25, 0.3) is 16.8 Å². The van der Waals surface area contributed by atoms with Gasteiger partial charge in [-0.3, -0.25) is 0 Å². The number of aliphatic hydroxyl groups excluding tert-OH is 1. The minimum Gasteiger partial charge on any atom is -0.395 e. The van der Waals surface area contributed by atoms with E-state index in [9.17, 15) is 5.11 Å². The highest BCUT2D eigenvalue weighted by Crippen LogP contribution is 2.32. The van der Waals surface area contributed by atoms with Crippen LogP contribution in [0.2, 0.25) is 0 Å². The molecule has 74 valence electrons. The zero-order valence-corrected chi connectivity index (χ0v) is 8.35. The van der Waals surface area contributed by atoms with E-state index in [1.807, 2.05) is 6.07 Å². The molecular weight excluding hydrogens is 184 g/mol. The molecule has 1 atom stereocenters. The normalized spacial score (nSPS) is 18.3. The second kappa shape index (κ2) is 3.21. The van der Waals surface area contributed by atoms with Crippen molar-refractivity contribution in [3.8, 4) is 0 Å². The molecule has 15 heavy (non-hydrogen) atoms. The lowest BCUT2D eigenvalue weighted by molar-refractivity contribution is 0.284. The van der Waals surface area contributed by atoms with Crippen LogP contribution in [0.5, 0.6) is 0 Å². The van der Waals surface area contributed by atoms with Crippen LogP contribution in [-0.4, -0.2) is 11.7 Å². The zero-order valence-electron chi connectivity index (χ0n) is 8.35. The van der Waals surface area contributed by atoms with Crippen molar-refractivity contribution in [2.24, 2.45) is 0 Å². The molecule has 1 aliphatic rings. The Labute approximate surface area is 88.7 Å². The fourth-order valence-corrected chi connectivity index (χ4v) is 2.22. The van der Waals surface area contributed by atoms with Crippen LogP contribution in [0.1, 0.15) is 17.0 Å². The van der Waals surface area contributed by atoms with Crippen molar-refractivity contribution in [1.29, 1.82) is 0 Å². The molecule has 0 amide bonds. The van der Waals surface area contributed by atoms with Crippen molar-refractivity contribution in [3.05, 3.63) is 53.6 Å². The number of fused-ring (bicyclic) bond motifs is 2. The first-order chi connectivity index (χ1) is 7.38. The molecule has 0 radical (unpaired) electrons. The monoisotopic (exact) mass is 196 g/mol. The molecule has 0 saturated carbocycles. The van der Waals surface area contributed by atoms with Crippen molar-refractivity contribution in [2.45, 2.75) is 5.92 Å². The maximum absolute atomic E-state index is 9.23. The molecule has 1 N–H and O–H groups in total. The first-order valence-corrected chi connectivity index (χ1v) is 5.20. The SMILES string of the molecule is OCC1C=Cc2cc3ccccc3cc21. The van der Waals surface area contributed by atoms with Gasteiger partial charge in [-0.15, -0.1) is 0 Å². The van der Waals surface area contributed by atoms with E-state index in [4.69, 9.17) is 0 Å². The Morgan fingerprint density at radius 3 is 2.53 bits per heavy atom. The summed E-state index contributed by atoms with van der Waals surface area (Å²) in [5.74, 6) is 0.185. The van der Waals surface area contributed by atoms with Gasteiger partial charge in [-0.25, -0.2) is 0 Å². The molecule has 2 aromatic rings. The lowest BCUT2D eigenvalue weighted by Crippen LogP contribution is -1.98. The van der Waals surface area contributed by atoms with Crippen LogP contribution in [0.3, 0.4) is 0 Å². The van der Waals surface area contributed by atoms with Gasteiger partial charge in [0.1, 0.15) is 0 Å². The fraction of sp³-hybridized carbons (Fsp3) is 0.143. The maximum atomic E-state index is 9.23. The number of hydrogen-bond acceptors (Lipinski definition) is 1. The molecule has 1 aliphatic carbocycles. The van der Waals surface area contributed by atoms with Gasteiger partial charge in [-0.2, -0.15) is 0 Å². The zero-order chi connectivity index (χ0) is 10.3. The molecule has 1 unspecified atom stereocenters. The van der Waals surface area contributed by atoms with Gasteiger partial charge in [0, 0.05) is 5.92 Å². The van der Waals surface area contributed by atoms with Gasteiger partial charge >= 0.3 is 0 Å². The lowest BCUT2D eigenvalue weighted by Gasteiger charge is -2.08. The molecule has 0 aliphatic heterocycles. The van der Waals surface area contributed by atoms with Gasteiger partial charge in [-0.1, -0.05) is 36.4 Å². The number of aliphatic hydroxyl groups is 1. The second-order valence-electron chi connectivity index (χ2n) is 3.98. The Balaban J connectivity index is 2.27. The molecule has 1 heteroatoms. The third-order valence-electron chi connectivity index (χ3n) is 3.06. The van der Waals surface area contributed by atoms with Gasteiger partial charge in [-0.05, 0) is 34.0 Å². The fourth-order valence-electron chi connectivity index (χ4n) is 2.22. The molecule has 0 heterocycles. The summed E-state index contributed by atoms with van der Waals surface area (Å²) in [7, 11) is 0. The molecule has 2 aromatic carbocycles. The van der Waals surface area contributed by atoms with Crippen molar-refractivity contribution in [2.75, 3.05) is 6.61 Å². The number of rotatable bonds is 1. The molecule has 0 spiro atoms. The third kappa shape index (κ3) is 1.28. The Bertz CT molecular complexity index is 540. The average Bonchev–Trinajstić information content (AvgIpc) is 2.68. The highest BCUT2D eigenvalue weighted by molar-refractivity contribution is 5.87. The minimum atomic E-state index is 0.185. The molecule has 0 saturated heterocycles. The van der Waals surface area contributed by atoms with Gasteiger partial charge < -0.3 is 5.11 Å². The summed E-state index contributed by atoms with van der Waals surface area (Å²) in [6.07, 6.45) is 4.17. The summed E-state index contributed by atoms with van der Waals surface area (Å²) in [5.41, 5.74) is 2.49. The molecule has 3 rings (SSSR count). The smallest absolute Gasteiger partial charge is 0.0534 e. The summed E-state index contributed by atoms with van der Waals surface area (Å²) < 4.78 is 0.